The molecule has 284 valence electrons. The molecule has 0 spiro atoms. The van der Waals surface area contributed by atoms with Crippen molar-refractivity contribution in [3.63, 3.8) is 0 Å². The van der Waals surface area contributed by atoms with Gasteiger partial charge in [0.15, 0.2) is 0 Å². The molecule has 20 heteroatoms. The van der Waals surface area contributed by atoms with Gasteiger partial charge in [-0.05, 0) is 38.5 Å². The molecule has 0 aliphatic heterocycles. The zero-order valence-electron chi connectivity index (χ0n) is 29.3. The number of nitrogens with one attached hydrogen (secondary N) is 7. The minimum atomic E-state index is -1.41. The van der Waals surface area contributed by atoms with Crippen LogP contribution in [0.3, 0.4) is 0 Å². The predicted octanol–water partition coefficient (Wildman–Crippen LogP) is -4.56. The summed E-state index contributed by atoms with van der Waals surface area (Å²) in [5.41, 5.74) is 10.3. The first-order valence-corrected chi connectivity index (χ1v) is 16.2. The maximum Gasteiger partial charge on any atom is 0.326 e. The molecular formula is C30H53N9O11. The Kier molecular flexibility index (Phi) is 20.5. The van der Waals surface area contributed by atoms with Gasteiger partial charge in [-0.2, -0.15) is 0 Å². The number of carbonyl (C=O) groups is 9. The smallest absolute Gasteiger partial charge is 0.326 e. The Morgan fingerprint density at radius 1 is 0.660 bits per heavy atom. The van der Waals surface area contributed by atoms with Crippen LogP contribution in [0.15, 0.2) is 0 Å². The summed E-state index contributed by atoms with van der Waals surface area (Å²) in [4.78, 5) is 111. The Morgan fingerprint density at radius 3 is 1.66 bits per heavy atom. The van der Waals surface area contributed by atoms with Crippen molar-refractivity contribution >= 4 is 53.2 Å². The third kappa shape index (κ3) is 17.5. The molecular weight excluding hydrogens is 662 g/mol. The Bertz CT molecular complexity index is 1230. The lowest BCUT2D eigenvalue weighted by molar-refractivity contribution is -0.142. The fourth-order valence-corrected chi connectivity index (χ4v) is 4.30. The number of hydrogen-bond donors (Lipinski definition) is 11. The van der Waals surface area contributed by atoms with Crippen molar-refractivity contribution in [2.75, 3.05) is 19.6 Å². The Labute approximate surface area is 290 Å². The second-order valence-corrected chi connectivity index (χ2v) is 12.2. The van der Waals surface area contributed by atoms with Gasteiger partial charge in [-0.15, -0.1) is 0 Å². The monoisotopic (exact) mass is 715 g/mol. The lowest BCUT2D eigenvalue weighted by Gasteiger charge is -2.27. The van der Waals surface area contributed by atoms with Gasteiger partial charge in [0.1, 0.15) is 30.2 Å². The second-order valence-electron chi connectivity index (χ2n) is 12.2. The molecule has 0 heterocycles. The van der Waals surface area contributed by atoms with Gasteiger partial charge >= 0.3 is 5.97 Å². The quantitative estimate of drug-likeness (QED) is 0.0477. The molecule has 8 amide bonds. The predicted molar refractivity (Wildman–Crippen MR) is 177 cm³/mol. The highest BCUT2D eigenvalue weighted by Gasteiger charge is 2.32. The fourth-order valence-electron chi connectivity index (χ4n) is 4.30. The van der Waals surface area contributed by atoms with Crippen LogP contribution in [-0.2, 0) is 43.2 Å². The number of nitrogens with two attached hydrogens (primary N) is 2. The van der Waals surface area contributed by atoms with Crippen LogP contribution in [-0.4, -0.2) is 119 Å². The van der Waals surface area contributed by atoms with Crippen LogP contribution < -0.4 is 48.7 Å². The number of aliphatic carboxylic acids is 1. The van der Waals surface area contributed by atoms with Crippen molar-refractivity contribution in [2.45, 2.75) is 104 Å². The summed E-state index contributed by atoms with van der Waals surface area (Å²) in [6.45, 7) is 7.94. The normalized spacial score (nSPS) is 15.1. The van der Waals surface area contributed by atoms with Crippen LogP contribution in [0.1, 0.15) is 67.2 Å². The molecule has 0 saturated heterocycles. The summed E-state index contributed by atoms with van der Waals surface area (Å²) in [6, 6.07) is -6.28. The highest BCUT2D eigenvalue weighted by molar-refractivity contribution is 5.96. The highest BCUT2D eigenvalue weighted by Crippen LogP contribution is 2.11. The molecule has 0 aromatic rings. The van der Waals surface area contributed by atoms with E-state index in [1.165, 1.54) is 13.8 Å². The lowest BCUT2D eigenvalue weighted by atomic mass is 9.96. The fraction of sp³-hybridized carbons (Fsp3) is 0.700. The first-order valence-electron chi connectivity index (χ1n) is 16.2. The zero-order valence-corrected chi connectivity index (χ0v) is 29.3. The maximum atomic E-state index is 13.3. The molecule has 7 atom stereocenters. The molecule has 0 radical (unpaired) electrons. The van der Waals surface area contributed by atoms with Crippen molar-refractivity contribution in [1.29, 1.82) is 0 Å². The molecule has 50 heavy (non-hydrogen) atoms. The summed E-state index contributed by atoms with van der Waals surface area (Å²) in [5, 5.41) is 35.6. The molecule has 0 aromatic heterocycles. The number of aliphatic hydroxyl groups is 1. The van der Waals surface area contributed by atoms with E-state index in [1.54, 1.807) is 27.7 Å². The molecule has 0 unspecified atom stereocenters. The van der Waals surface area contributed by atoms with E-state index in [-0.39, 0.29) is 25.2 Å². The van der Waals surface area contributed by atoms with Crippen molar-refractivity contribution in [2.24, 2.45) is 23.3 Å². The van der Waals surface area contributed by atoms with Crippen LogP contribution in [0, 0.1) is 11.8 Å². The summed E-state index contributed by atoms with van der Waals surface area (Å²) in [7, 11) is 0. The number of rotatable bonds is 23. The number of carbonyl (C=O) groups excluding carboxylic acids is 8. The van der Waals surface area contributed by atoms with Crippen molar-refractivity contribution < 1.29 is 53.4 Å². The van der Waals surface area contributed by atoms with Gasteiger partial charge in [0.2, 0.25) is 47.3 Å². The van der Waals surface area contributed by atoms with Crippen molar-refractivity contribution in [3.05, 3.63) is 0 Å². The van der Waals surface area contributed by atoms with E-state index in [4.69, 9.17) is 11.5 Å². The number of primary amides is 1. The van der Waals surface area contributed by atoms with Crippen LogP contribution in [0.25, 0.3) is 0 Å². The van der Waals surface area contributed by atoms with Crippen molar-refractivity contribution in [1.82, 2.24) is 37.2 Å². The van der Waals surface area contributed by atoms with Gasteiger partial charge in [-0.3, -0.25) is 38.4 Å². The van der Waals surface area contributed by atoms with E-state index in [0.29, 0.717) is 6.42 Å². The first-order chi connectivity index (χ1) is 23.2. The summed E-state index contributed by atoms with van der Waals surface area (Å²) in [5.74, 6) is -8.13. The maximum absolute atomic E-state index is 13.3. The van der Waals surface area contributed by atoms with Crippen LogP contribution in [0.5, 0.6) is 0 Å². The first kappa shape index (κ1) is 45.2. The molecule has 0 aliphatic rings. The topological polar surface area (TPSA) is 330 Å². The number of amides is 8. The average Bonchev–Trinajstić information content (AvgIpc) is 3.03. The van der Waals surface area contributed by atoms with E-state index in [1.807, 2.05) is 0 Å². The number of aliphatic hydroxyl groups excluding tert-OH is 1. The standard InChI is InChI=1S/C30H53N9O11/c1-7-15(4)24(28(47)34-13-22(43)36-18(30(49)50)8-9-20(32)41)39-27(46)19(10-14(2)3)37-23(44)12-33-26(45)16(5)35-29(48)25(17(6)40)38-21(42)11-31/h14-19,24-25,40H,7-13,31H2,1-6H3,(H2,32,41)(H,33,45)(H,34,47)(H,35,48)(H,36,43)(H,37,44)(H,38,42)(H,39,46)(H,49,50)/t15-,16-,17+,18-,19-,24-,25-/m0/s1. The van der Waals surface area contributed by atoms with Gasteiger partial charge in [-0.1, -0.05) is 34.1 Å². The van der Waals surface area contributed by atoms with Gasteiger partial charge in [0.25, 0.3) is 0 Å². The van der Waals surface area contributed by atoms with E-state index in [0.717, 1.165) is 0 Å². The molecule has 0 saturated carbocycles. The molecule has 20 nitrogen and oxygen atoms in total. The molecule has 0 rings (SSSR count). The zero-order chi connectivity index (χ0) is 38.7. The van der Waals surface area contributed by atoms with E-state index in [9.17, 15) is 53.4 Å². The number of carboxylic acids is 1. The third-order valence-electron chi connectivity index (χ3n) is 7.33. The van der Waals surface area contributed by atoms with E-state index < -0.39 is 115 Å². The average molecular weight is 716 g/mol. The van der Waals surface area contributed by atoms with Gasteiger partial charge in [0.05, 0.1) is 25.7 Å². The van der Waals surface area contributed by atoms with Crippen LogP contribution in [0.4, 0.5) is 0 Å². The third-order valence-corrected chi connectivity index (χ3v) is 7.33. The van der Waals surface area contributed by atoms with Crippen LogP contribution >= 0.6 is 0 Å². The lowest BCUT2D eigenvalue weighted by Crippen LogP contribution is -2.58. The van der Waals surface area contributed by atoms with Gasteiger partial charge in [-0.25, -0.2) is 4.79 Å². The summed E-state index contributed by atoms with van der Waals surface area (Å²) >= 11 is 0. The minimum Gasteiger partial charge on any atom is -0.480 e. The largest absolute Gasteiger partial charge is 0.480 e. The second kappa shape index (κ2) is 22.7. The summed E-state index contributed by atoms with van der Waals surface area (Å²) in [6.07, 6.45) is -1.27. The number of carboxylic acid groups (broad SMARTS) is 1. The van der Waals surface area contributed by atoms with E-state index >= 15 is 0 Å². The summed E-state index contributed by atoms with van der Waals surface area (Å²) < 4.78 is 0. The Hall–Kier alpha value is -4.85. The van der Waals surface area contributed by atoms with Gasteiger partial charge in [0, 0.05) is 6.42 Å². The Balaban J connectivity index is 5.40. The minimum absolute atomic E-state index is 0.103. The van der Waals surface area contributed by atoms with Crippen LogP contribution in [0.2, 0.25) is 0 Å². The van der Waals surface area contributed by atoms with Crippen molar-refractivity contribution in [3.8, 4) is 0 Å². The molecule has 0 bridgehead atoms. The highest BCUT2D eigenvalue weighted by atomic mass is 16.4. The van der Waals surface area contributed by atoms with E-state index in [2.05, 4.69) is 37.2 Å². The molecule has 0 fully saturated rings. The molecule has 0 aromatic carbocycles. The van der Waals surface area contributed by atoms with Gasteiger partial charge < -0.3 is 58.9 Å². The SMILES string of the molecule is CC[C@H](C)[C@H](NC(=O)[C@H](CC(C)C)NC(=O)CNC(=O)[C@H](C)NC(=O)[C@@H](NC(=O)CN)[C@@H](C)O)C(=O)NCC(=O)N[C@@H](CCC(N)=O)C(=O)O. The number of hydrogen-bond acceptors (Lipinski definition) is 11. The molecule has 0 aliphatic carbocycles. The molecule has 13 N–H and O–H groups in total. The Morgan fingerprint density at radius 2 is 1.20 bits per heavy atom.